The van der Waals surface area contributed by atoms with Gasteiger partial charge in [-0.3, -0.25) is 0 Å². The Labute approximate surface area is 401 Å². The Balaban J connectivity index is 0.974. The van der Waals surface area contributed by atoms with Crippen LogP contribution in [0.5, 0.6) is 0 Å². The quantitative estimate of drug-likeness (QED) is 0.160. The van der Waals surface area contributed by atoms with Gasteiger partial charge in [0, 0.05) is 33.2 Å². The van der Waals surface area contributed by atoms with Crippen molar-refractivity contribution < 1.29 is 0 Å². The van der Waals surface area contributed by atoms with Crippen molar-refractivity contribution >= 4 is 21.8 Å². The van der Waals surface area contributed by atoms with Gasteiger partial charge in [-0.1, -0.05) is 224 Å². The minimum absolute atomic E-state index is 0.497. The predicted octanol–water partition coefficient (Wildman–Crippen LogP) is 15.6. The van der Waals surface area contributed by atoms with Crippen molar-refractivity contribution in [1.29, 1.82) is 0 Å². The van der Waals surface area contributed by atoms with Gasteiger partial charge in [-0.2, -0.15) is 0 Å². The van der Waals surface area contributed by atoms with Gasteiger partial charge >= 0.3 is 0 Å². The fourth-order valence-corrected chi connectivity index (χ4v) is 12.2. The van der Waals surface area contributed by atoms with Crippen LogP contribution in [0.1, 0.15) is 44.5 Å². The fourth-order valence-electron chi connectivity index (χ4n) is 12.2. The molecule has 10 aromatic carbocycles. The first-order valence-corrected chi connectivity index (χ1v) is 23.8. The maximum Gasteiger partial charge on any atom is 0.160 e. The number of hydrogen-bond acceptors (Lipinski definition) is 2. The lowest BCUT2D eigenvalue weighted by Crippen LogP contribution is -2.44. The molecule has 0 bridgehead atoms. The van der Waals surface area contributed by atoms with Crippen LogP contribution in [-0.4, -0.2) is 14.5 Å². The SMILES string of the molecule is c1ccc(-c2nc(-c3ccc(C4(c5ccccc5)c5ccccc5C5(c6ccccc6)c6ccccc6-c6cccc4c65)cc3)cc(-c3ccc4c(c3)c3ccccc3n4-c3ccccc3)n2)cc1. The van der Waals surface area contributed by atoms with E-state index in [1.54, 1.807) is 0 Å². The number of nitrogens with zero attached hydrogens (tertiary/aromatic N) is 3. The van der Waals surface area contributed by atoms with Gasteiger partial charge in [0.25, 0.3) is 0 Å². The molecule has 0 saturated carbocycles. The average molecular weight is 878 g/mol. The molecule has 2 heterocycles. The number of hydrogen-bond donors (Lipinski definition) is 0. The topological polar surface area (TPSA) is 30.7 Å². The highest BCUT2D eigenvalue weighted by Crippen LogP contribution is 2.65. The molecular weight excluding hydrogens is 835 g/mol. The van der Waals surface area contributed by atoms with Crippen LogP contribution >= 0.6 is 0 Å². The third-order valence-corrected chi connectivity index (χ3v) is 15.0. The summed E-state index contributed by atoms with van der Waals surface area (Å²) in [5, 5.41) is 2.39. The van der Waals surface area contributed by atoms with Crippen molar-refractivity contribution in [2.45, 2.75) is 10.8 Å². The molecule has 14 rings (SSSR count). The Morgan fingerprint density at radius 3 is 1.54 bits per heavy atom. The highest BCUT2D eigenvalue weighted by atomic mass is 15.0. The molecule has 0 amide bonds. The fraction of sp³-hybridized carbons (Fsp3) is 0.0303. The lowest BCUT2D eigenvalue weighted by atomic mass is 9.52. The van der Waals surface area contributed by atoms with Crippen LogP contribution in [0.15, 0.2) is 261 Å². The number of benzene rings is 10. The van der Waals surface area contributed by atoms with Gasteiger partial charge < -0.3 is 4.57 Å². The molecule has 69 heavy (non-hydrogen) atoms. The molecule has 0 saturated heterocycles. The van der Waals surface area contributed by atoms with Crippen molar-refractivity contribution in [1.82, 2.24) is 14.5 Å². The van der Waals surface area contributed by atoms with E-state index < -0.39 is 10.8 Å². The molecular formula is C66H43N3. The Bertz CT molecular complexity index is 3930. The molecule has 3 nitrogen and oxygen atoms in total. The van der Waals surface area contributed by atoms with E-state index in [9.17, 15) is 0 Å². The molecule has 0 radical (unpaired) electrons. The van der Waals surface area contributed by atoms with E-state index in [1.807, 2.05) is 6.07 Å². The predicted molar refractivity (Wildman–Crippen MR) is 282 cm³/mol. The van der Waals surface area contributed by atoms with Crippen LogP contribution in [0.3, 0.4) is 0 Å². The second-order valence-corrected chi connectivity index (χ2v) is 18.4. The minimum atomic E-state index is -0.636. The largest absolute Gasteiger partial charge is 0.309 e. The van der Waals surface area contributed by atoms with E-state index >= 15 is 0 Å². The second kappa shape index (κ2) is 15.3. The van der Waals surface area contributed by atoms with Gasteiger partial charge in [-0.05, 0) is 92.0 Å². The molecule has 2 aromatic heterocycles. The second-order valence-electron chi connectivity index (χ2n) is 18.4. The summed E-state index contributed by atoms with van der Waals surface area (Å²) < 4.78 is 2.36. The highest BCUT2D eigenvalue weighted by molar-refractivity contribution is 6.10. The van der Waals surface area contributed by atoms with Crippen LogP contribution in [0.25, 0.3) is 72.5 Å². The lowest BCUT2D eigenvalue weighted by Gasteiger charge is -2.49. The van der Waals surface area contributed by atoms with Crippen LogP contribution in [0, 0.1) is 0 Å². The van der Waals surface area contributed by atoms with Crippen LogP contribution < -0.4 is 0 Å². The summed E-state index contributed by atoms with van der Waals surface area (Å²) in [4.78, 5) is 10.6. The van der Waals surface area contributed by atoms with E-state index in [2.05, 4.69) is 259 Å². The first-order valence-electron chi connectivity index (χ1n) is 23.8. The maximum atomic E-state index is 5.33. The molecule has 2 aliphatic carbocycles. The van der Waals surface area contributed by atoms with Crippen molar-refractivity contribution in [2.75, 3.05) is 0 Å². The lowest BCUT2D eigenvalue weighted by molar-refractivity contribution is 0.627. The van der Waals surface area contributed by atoms with E-state index in [0.29, 0.717) is 5.82 Å². The average Bonchev–Trinajstić information content (AvgIpc) is 3.93. The van der Waals surface area contributed by atoms with Crippen molar-refractivity contribution in [3.8, 4) is 50.7 Å². The number of para-hydroxylation sites is 2. The van der Waals surface area contributed by atoms with E-state index in [0.717, 1.165) is 39.3 Å². The van der Waals surface area contributed by atoms with Gasteiger partial charge in [0.1, 0.15) is 0 Å². The monoisotopic (exact) mass is 877 g/mol. The summed E-state index contributed by atoms with van der Waals surface area (Å²) in [6, 6.07) is 95.4. The Morgan fingerprint density at radius 1 is 0.304 bits per heavy atom. The minimum Gasteiger partial charge on any atom is -0.309 e. The Kier molecular flexibility index (Phi) is 8.71. The van der Waals surface area contributed by atoms with E-state index in [-0.39, 0.29) is 0 Å². The zero-order valence-corrected chi connectivity index (χ0v) is 37.7. The molecule has 322 valence electrons. The summed E-state index contributed by atoms with van der Waals surface area (Å²) in [5.74, 6) is 0.692. The summed E-state index contributed by atoms with van der Waals surface area (Å²) in [7, 11) is 0. The Hall–Kier alpha value is -8.92. The number of aromatic nitrogens is 3. The summed E-state index contributed by atoms with van der Waals surface area (Å²) >= 11 is 0. The van der Waals surface area contributed by atoms with Gasteiger partial charge in [-0.15, -0.1) is 0 Å². The van der Waals surface area contributed by atoms with Crippen LogP contribution in [-0.2, 0) is 10.8 Å². The zero-order valence-electron chi connectivity index (χ0n) is 37.7. The summed E-state index contributed by atoms with van der Waals surface area (Å²) in [5.41, 5.74) is 20.0. The van der Waals surface area contributed by atoms with Crippen molar-refractivity contribution in [3.05, 3.63) is 305 Å². The van der Waals surface area contributed by atoms with Crippen molar-refractivity contribution in [3.63, 3.8) is 0 Å². The van der Waals surface area contributed by atoms with Gasteiger partial charge in [0.05, 0.1) is 33.3 Å². The van der Waals surface area contributed by atoms with Gasteiger partial charge in [0.15, 0.2) is 5.82 Å². The smallest absolute Gasteiger partial charge is 0.160 e. The standard InChI is InChI=1S/C66H43N3/c1-5-20-45(21-6-1)64-67-59(43-60(68-64)46-38-41-62-54(42-46)52-29-14-18-35-61(52)69(62)50-26-11-4-12-27-50)44-36-39-49(40-37-44)65(47-22-7-2-8-23-47)56-32-16-17-33-57(56)66(48-24-9-3-10-25-48)55-31-15-13-28-51(55)53-30-19-34-58(65)63(53)66/h1-43H. The summed E-state index contributed by atoms with van der Waals surface area (Å²) in [6.07, 6.45) is 0. The third kappa shape index (κ3) is 5.62. The first kappa shape index (κ1) is 39.3. The molecule has 2 unspecified atom stereocenters. The van der Waals surface area contributed by atoms with Crippen LogP contribution in [0.2, 0.25) is 0 Å². The highest BCUT2D eigenvalue weighted by Gasteiger charge is 2.57. The normalized spacial score (nSPS) is 16.5. The molecule has 2 atom stereocenters. The molecule has 0 fully saturated rings. The third-order valence-electron chi connectivity index (χ3n) is 15.0. The van der Waals surface area contributed by atoms with E-state index in [4.69, 9.17) is 9.97 Å². The van der Waals surface area contributed by atoms with Crippen LogP contribution in [0.4, 0.5) is 0 Å². The first-order chi connectivity index (χ1) is 34.2. The molecule has 2 aliphatic rings. The van der Waals surface area contributed by atoms with Gasteiger partial charge in [0.2, 0.25) is 0 Å². The molecule has 0 spiro atoms. The molecule has 0 N–H and O–H groups in total. The molecule has 12 aromatic rings. The number of fused-ring (bicyclic) bond motifs is 8. The summed E-state index contributed by atoms with van der Waals surface area (Å²) in [6.45, 7) is 0. The molecule has 0 aliphatic heterocycles. The molecule has 3 heteroatoms. The number of rotatable bonds is 7. The van der Waals surface area contributed by atoms with Crippen molar-refractivity contribution in [2.24, 2.45) is 0 Å². The van der Waals surface area contributed by atoms with E-state index in [1.165, 1.54) is 71.9 Å². The maximum absolute atomic E-state index is 5.33. The Morgan fingerprint density at radius 2 is 0.812 bits per heavy atom. The zero-order chi connectivity index (χ0) is 45.5. The van der Waals surface area contributed by atoms with Gasteiger partial charge in [-0.25, -0.2) is 9.97 Å².